The molecule has 0 aliphatic carbocycles. The summed E-state index contributed by atoms with van der Waals surface area (Å²) in [5, 5.41) is 10.3. The van der Waals surface area contributed by atoms with E-state index in [9.17, 15) is 9.50 Å². The monoisotopic (exact) mass is 337 g/mol. The Morgan fingerprint density at radius 1 is 1.20 bits per heavy atom. The molecule has 2 nitrogen and oxygen atoms in total. The minimum Gasteiger partial charge on any atom is -0.385 e. The second-order valence-corrected chi connectivity index (χ2v) is 5.87. The van der Waals surface area contributed by atoms with Crippen molar-refractivity contribution < 1.29 is 9.50 Å². The molecule has 2 rings (SSSR count). The van der Waals surface area contributed by atoms with Gasteiger partial charge in [0.2, 0.25) is 0 Å². The van der Waals surface area contributed by atoms with E-state index in [1.807, 2.05) is 24.3 Å². The number of halogens is 2. The maximum Gasteiger partial charge on any atom is 0.124 e. The van der Waals surface area contributed by atoms with Crippen LogP contribution in [0.1, 0.15) is 18.9 Å². The van der Waals surface area contributed by atoms with E-state index in [1.165, 1.54) is 12.1 Å². The normalized spacial score (nSPS) is 14.1. The van der Waals surface area contributed by atoms with Crippen LogP contribution in [0.25, 0.3) is 11.1 Å². The highest BCUT2D eigenvalue weighted by Crippen LogP contribution is 2.31. The standard InChI is InChI=1S/C16H17BrFNO/c1-16(20,8-9-19)12-4-2-11(3-5-12)14-7-6-13(18)10-15(14)17/h2-7,10,20H,8-9,19H2,1H3. The van der Waals surface area contributed by atoms with Gasteiger partial charge in [-0.05, 0) is 48.7 Å². The van der Waals surface area contributed by atoms with Gasteiger partial charge in [-0.3, -0.25) is 0 Å². The molecule has 3 N–H and O–H groups in total. The highest BCUT2D eigenvalue weighted by atomic mass is 79.9. The first-order chi connectivity index (χ1) is 9.44. The van der Waals surface area contributed by atoms with Crippen molar-refractivity contribution in [3.63, 3.8) is 0 Å². The zero-order chi connectivity index (χ0) is 14.8. The van der Waals surface area contributed by atoms with Gasteiger partial charge < -0.3 is 10.8 Å². The summed E-state index contributed by atoms with van der Waals surface area (Å²) in [6.07, 6.45) is 0.507. The van der Waals surface area contributed by atoms with Crippen molar-refractivity contribution >= 4 is 15.9 Å². The van der Waals surface area contributed by atoms with Gasteiger partial charge in [0.25, 0.3) is 0 Å². The second kappa shape index (κ2) is 6.04. The van der Waals surface area contributed by atoms with Gasteiger partial charge in [0.15, 0.2) is 0 Å². The first-order valence-electron chi connectivity index (χ1n) is 6.42. The largest absolute Gasteiger partial charge is 0.385 e. The van der Waals surface area contributed by atoms with Gasteiger partial charge >= 0.3 is 0 Å². The van der Waals surface area contributed by atoms with Crippen LogP contribution < -0.4 is 5.73 Å². The number of benzene rings is 2. The summed E-state index contributed by atoms with van der Waals surface area (Å²) in [5.41, 5.74) is 7.28. The van der Waals surface area contributed by atoms with Crippen LogP contribution in [0.2, 0.25) is 0 Å². The van der Waals surface area contributed by atoms with Crippen LogP contribution >= 0.6 is 15.9 Å². The lowest BCUT2D eigenvalue weighted by Crippen LogP contribution is -2.24. The molecule has 1 unspecified atom stereocenters. The molecule has 4 heteroatoms. The summed E-state index contributed by atoms with van der Waals surface area (Å²) in [4.78, 5) is 0. The number of rotatable bonds is 4. The fourth-order valence-corrected chi connectivity index (χ4v) is 2.74. The number of nitrogens with two attached hydrogens (primary N) is 1. The maximum absolute atomic E-state index is 13.1. The Kier molecular flexibility index (Phi) is 4.58. The molecule has 0 heterocycles. The summed E-state index contributed by atoms with van der Waals surface area (Å²) in [5.74, 6) is -0.275. The molecule has 0 saturated carbocycles. The summed E-state index contributed by atoms with van der Waals surface area (Å²) < 4.78 is 13.8. The minimum absolute atomic E-state index is 0.275. The molecule has 2 aromatic rings. The van der Waals surface area contributed by atoms with Crippen LogP contribution in [0, 0.1) is 5.82 Å². The zero-order valence-corrected chi connectivity index (χ0v) is 12.8. The Bertz CT molecular complexity index is 596. The van der Waals surface area contributed by atoms with Gasteiger partial charge in [-0.2, -0.15) is 0 Å². The molecular weight excluding hydrogens is 321 g/mol. The van der Waals surface area contributed by atoms with E-state index >= 15 is 0 Å². The third-order valence-corrected chi connectivity index (χ3v) is 4.04. The highest BCUT2D eigenvalue weighted by Gasteiger charge is 2.21. The van der Waals surface area contributed by atoms with Crippen LogP contribution in [0.15, 0.2) is 46.9 Å². The van der Waals surface area contributed by atoms with Crippen molar-refractivity contribution in [2.45, 2.75) is 18.9 Å². The molecule has 20 heavy (non-hydrogen) atoms. The lowest BCUT2D eigenvalue weighted by molar-refractivity contribution is 0.0504. The zero-order valence-electron chi connectivity index (χ0n) is 11.2. The van der Waals surface area contributed by atoms with Crippen LogP contribution in [-0.2, 0) is 5.60 Å². The highest BCUT2D eigenvalue weighted by molar-refractivity contribution is 9.10. The smallest absolute Gasteiger partial charge is 0.124 e. The van der Waals surface area contributed by atoms with Crippen molar-refractivity contribution in [3.8, 4) is 11.1 Å². The van der Waals surface area contributed by atoms with Crippen molar-refractivity contribution in [1.29, 1.82) is 0 Å². The molecular formula is C16H17BrFNO. The molecule has 0 bridgehead atoms. The molecule has 2 aromatic carbocycles. The van der Waals surface area contributed by atoms with Gasteiger partial charge in [0.05, 0.1) is 5.60 Å². The lowest BCUT2D eigenvalue weighted by Gasteiger charge is -2.23. The van der Waals surface area contributed by atoms with Gasteiger partial charge in [-0.1, -0.05) is 46.3 Å². The third-order valence-electron chi connectivity index (χ3n) is 3.38. The molecule has 0 aromatic heterocycles. The van der Waals surface area contributed by atoms with E-state index in [1.54, 1.807) is 13.0 Å². The summed E-state index contributed by atoms with van der Waals surface area (Å²) >= 11 is 3.36. The Balaban J connectivity index is 2.33. The first kappa shape index (κ1) is 15.2. The first-order valence-corrected chi connectivity index (χ1v) is 7.22. The molecule has 106 valence electrons. The number of hydrogen-bond acceptors (Lipinski definition) is 2. The van der Waals surface area contributed by atoms with Gasteiger partial charge in [0.1, 0.15) is 5.82 Å². The Morgan fingerprint density at radius 3 is 2.40 bits per heavy atom. The summed E-state index contributed by atoms with van der Waals surface area (Å²) in [7, 11) is 0. The molecule has 0 saturated heterocycles. The topological polar surface area (TPSA) is 46.2 Å². The van der Waals surface area contributed by atoms with Crippen molar-refractivity contribution in [2.24, 2.45) is 5.73 Å². The average molecular weight is 338 g/mol. The second-order valence-electron chi connectivity index (χ2n) is 5.01. The molecule has 0 radical (unpaired) electrons. The summed E-state index contributed by atoms with van der Waals surface area (Å²) in [6, 6.07) is 12.2. The minimum atomic E-state index is -0.923. The Hall–Kier alpha value is -1.23. The quantitative estimate of drug-likeness (QED) is 0.890. The molecule has 0 fully saturated rings. The summed E-state index contributed by atoms with van der Waals surface area (Å²) in [6.45, 7) is 2.18. The molecule has 0 aliphatic rings. The predicted molar refractivity (Wildman–Crippen MR) is 82.8 cm³/mol. The fourth-order valence-electron chi connectivity index (χ4n) is 2.16. The average Bonchev–Trinajstić information content (AvgIpc) is 2.39. The molecule has 0 aliphatic heterocycles. The fraction of sp³-hybridized carbons (Fsp3) is 0.250. The lowest BCUT2D eigenvalue weighted by atomic mass is 9.91. The van der Waals surface area contributed by atoms with Crippen LogP contribution in [0.4, 0.5) is 4.39 Å². The van der Waals surface area contributed by atoms with Crippen LogP contribution in [0.5, 0.6) is 0 Å². The molecule has 1 atom stereocenters. The number of aliphatic hydroxyl groups is 1. The molecule has 0 amide bonds. The SMILES string of the molecule is CC(O)(CCN)c1ccc(-c2ccc(F)cc2Br)cc1. The Labute approximate surface area is 126 Å². The van der Waals surface area contributed by atoms with Crippen molar-refractivity contribution in [1.82, 2.24) is 0 Å². The van der Waals surface area contributed by atoms with Crippen molar-refractivity contribution in [3.05, 3.63) is 58.3 Å². The van der Waals surface area contributed by atoms with E-state index in [2.05, 4.69) is 15.9 Å². The van der Waals surface area contributed by atoms with E-state index in [0.29, 0.717) is 17.4 Å². The van der Waals surface area contributed by atoms with Gasteiger partial charge in [0, 0.05) is 4.47 Å². The van der Waals surface area contributed by atoms with E-state index in [4.69, 9.17) is 5.73 Å². The maximum atomic E-state index is 13.1. The molecule has 0 spiro atoms. The third kappa shape index (κ3) is 3.26. The number of hydrogen-bond donors (Lipinski definition) is 2. The van der Waals surface area contributed by atoms with E-state index < -0.39 is 5.60 Å². The van der Waals surface area contributed by atoms with Crippen LogP contribution in [-0.4, -0.2) is 11.7 Å². The van der Waals surface area contributed by atoms with Gasteiger partial charge in [-0.25, -0.2) is 4.39 Å². The van der Waals surface area contributed by atoms with E-state index in [0.717, 1.165) is 16.7 Å². The van der Waals surface area contributed by atoms with Gasteiger partial charge in [-0.15, -0.1) is 0 Å². The predicted octanol–water partition coefficient (Wildman–Crippen LogP) is 3.81. The van der Waals surface area contributed by atoms with Crippen LogP contribution in [0.3, 0.4) is 0 Å². The Morgan fingerprint density at radius 2 is 1.85 bits per heavy atom. The van der Waals surface area contributed by atoms with E-state index in [-0.39, 0.29) is 5.82 Å². The van der Waals surface area contributed by atoms with Crippen molar-refractivity contribution in [2.75, 3.05) is 6.54 Å².